The topological polar surface area (TPSA) is 95.5 Å². The molecule has 0 aliphatic carbocycles. The Morgan fingerprint density at radius 1 is 1.21 bits per heavy atom. The number of amides is 1. The summed E-state index contributed by atoms with van der Waals surface area (Å²) in [4.78, 5) is 22.9. The van der Waals surface area contributed by atoms with E-state index in [4.69, 9.17) is 9.26 Å². The van der Waals surface area contributed by atoms with Crippen molar-refractivity contribution < 1.29 is 14.1 Å². The zero-order chi connectivity index (χ0) is 23.9. The summed E-state index contributed by atoms with van der Waals surface area (Å²) in [6.45, 7) is 7.80. The molecule has 3 heterocycles. The Kier molecular flexibility index (Phi) is 7.93. The molecule has 1 atom stereocenters. The van der Waals surface area contributed by atoms with E-state index in [1.165, 1.54) is 0 Å². The van der Waals surface area contributed by atoms with E-state index < -0.39 is 6.10 Å². The Morgan fingerprint density at radius 2 is 2.00 bits per heavy atom. The highest BCUT2D eigenvalue weighted by molar-refractivity contribution is 7.13. The first-order valence-corrected chi connectivity index (χ1v) is 12.5. The van der Waals surface area contributed by atoms with Gasteiger partial charge in [0, 0.05) is 32.6 Å². The van der Waals surface area contributed by atoms with Crippen LogP contribution in [0.2, 0.25) is 0 Å². The summed E-state index contributed by atoms with van der Waals surface area (Å²) < 4.78 is 11.4. The second-order valence-corrected chi connectivity index (χ2v) is 9.60. The second kappa shape index (κ2) is 11.3. The quantitative estimate of drug-likeness (QED) is 0.460. The maximum atomic E-state index is 13.2. The fraction of sp³-hybridized carbons (Fsp3) is 0.440. The molecule has 1 aromatic carbocycles. The number of nitriles is 1. The van der Waals surface area contributed by atoms with Gasteiger partial charge in [-0.1, -0.05) is 37.2 Å². The molecule has 0 saturated carbocycles. The molecule has 0 N–H and O–H groups in total. The lowest BCUT2D eigenvalue weighted by Crippen LogP contribution is -2.53. The van der Waals surface area contributed by atoms with E-state index in [0.717, 1.165) is 37.4 Å². The molecule has 1 fully saturated rings. The predicted octanol–water partition coefficient (Wildman–Crippen LogP) is 3.85. The molecule has 0 spiro atoms. The minimum Gasteiger partial charge on any atom is -0.479 e. The third-order valence-electron chi connectivity index (χ3n) is 5.87. The summed E-state index contributed by atoms with van der Waals surface area (Å²) in [6.07, 6.45) is 1.04. The Balaban J connectivity index is 1.24. The van der Waals surface area contributed by atoms with Crippen molar-refractivity contribution in [3.05, 3.63) is 53.2 Å². The summed E-state index contributed by atoms with van der Waals surface area (Å²) in [6, 6.07) is 13.1. The van der Waals surface area contributed by atoms with Gasteiger partial charge in [-0.25, -0.2) is 0 Å². The molecule has 0 radical (unpaired) electrons. The number of hydrogen-bond donors (Lipinski definition) is 0. The molecular weight excluding hydrogens is 450 g/mol. The number of nitrogens with zero attached hydrogens (tertiary/aromatic N) is 5. The number of carbonyl (C=O) groups is 1. The van der Waals surface area contributed by atoms with Crippen molar-refractivity contribution in [2.24, 2.45) is 5.92 Å². The molecular formula is C25H29N5O3S. The number of para-hydroxylation sites is 1. The molecule has 1 aliphatic heterocycles. The molecule has 2 aromatic heterocycles. The van der Waals surface area contributed by atoms with Crippen LogP contribution in [0.3, 0.4) is 0 Å². The zero-order valence-electron chi connectivity index (χ0n) is 19.5. The van der Waals surface area contributed by atoms with Crippen LogP contribution in [0, 0.1) is 17.2 Å². The largest absolute Gasteiger partial charge is 0.479 e. The fourth-order valence-corrected chi connectivity index (χ4v) is 4.61. The van der Waals surface area contributed by atoms with Crippen LogP contribution in [-0.2, 0) is 11.2 Å². The first-order valence-electron chi connectivity index (χ1n) is 11.6. The van der Waals surface area contributed by atoms with Gasteiger partial charge in [0.1, 0.15) is 11.8 Å². The summed E-state index contributed by atoms with van der Waals surface area (Å²) in [7, 11) is 0. The molecule has 34 heavy (non-hydrogen) atoms. The Hall–Kier alpha value is -3.22. The molecule has 9 heteroatoms. The highest BCUT2D eigenvalue weighted by Crippen LogP contribution is 2.23. The highest BCUT2D eigenvalue weighted by atomic mass is 32.1. The highest BCUT2D eigenvalue weighted by Gasteiger charge is 2.31. The molecule has 4 rings (SSSR count). The smallest absolute Gasteiger partial charge is 0.264 e. The van der Waals surface area contributed by atoms with Crippen LogP contribution in [0.4, 0.5) is 0 Å². The standard InChI is InChI=1S/C25H29N5O3S/c1-18(2)23(32-20-8-4-3-7-19(20)17-26)25(31)30-14-12-29(13-15-30)11-5-10-22-27-24(28-33-22)21-9-6-16-34-21/h3-4,6-9,16,18,23H,5,10-15H2,1-2H3. The van der Waals surface area contributed by atoms with Crippen LogP contribution < -0.4 is 4.74 Å². The number of hydrogen-bond acceptors (Lipinski definition) is 8. The van der Waals surface area contributed by atoms with Crippen LogP contribution in [-0.4, -0.2) is 64.7 Å². The number of rotatable bonds is 9. The minimum atomic E-state index is -0.615. The SMILES string of the molecule is CC(C)C(Oc1ccccc1C#N)C(=O)N1CCN(CCCc2nc(-c3cccs3)no2)CC1. The zero-order valence-corrected chi connectivity index (χ0v) is 20.3. The molecule has 1 unspecified atom stereocenters. The normalized spacial score (nSPS) is 15.3. The number of aryl methyl sites for hydroxylation is 1. The average Bonchev–Trinajstić information content (AvgIpc) is 3.55. The Labute approximate surface area is 203 Å². The summed E-state index contributed by atoms with van der Waals surface area (Å²) in [5, 5.41) is 15.4. The van der Waals surface area contributed by atoms with Crippen molar-refractivity contribution >= 4 is 17.2 Å². The number of benzene rings is 1. The van der Waals surface area contributed by atoms with Gasteiger partial charge in [0.15, 0.2) is 6.10 Å². The summed E-state index contributed by atoms with van der Waals surface area (Å²) in [5.41, 5.74) is 0.439. The number of aromatic nitrogens is 2. The Bertz CT molecular complexity index is 1110. The fourth-order valence-electron chi connectivity index (χ4n) is 3.96. The van der Waals surface area contributed by atoms with Crippen molar-refractivity contribution in [2.45, 2.75) is 32.8 Å². The second-order valence-electron chi connectivity index (χ2n) is 8.65. The van der Waals surface area contributed by atoms with Crippen LogP contribution in [0.25, 0.3) is 10.7 Å². The van der Waals surface area contributed by atoms with E-state index in [2.05, 4.69) is 21.1 Å². The van der Waals surface area contributed by atoms with Crippen molar-refractivity contribution in [3.8, 4) is 22.5 Å². The van der Waals surface area contributed by atoms with Gasteiger partial charge in [-0.15, -0.1) is 11.3 Å². The van der Waals surface area contributed by atoms with Crippen LogP contribution >= 0.6 is 11.3 Å². The van der Waals surface area contributed by atoms with Gasteiger partial charge < -0.3 is 14.2 Å². The van der Waals surface area contributed by atoms with E-state index in [9.17, 15) is 10.1 Å². The number of carbonyl (C=O) groups excluding carboxylic acids is 1. The third kappa shape index (κ3) is 5.82. The minimum absolute atomic E-state index is 0.00856. The van der Waals surface area contributed by atoms with E-state index in [1.54, 1.807) is 29.5 Å². The van der Waals surface area contributed by atoms with Crippen LogP contribution in [0.5, 0.6) is 5.75 Å². The number of piperazine rings is 1. The van der Waals surface area contributed by atoms with Crippen LogP contribution in [0.1, 0.15) is 31.7 Å². The lowest BCUT2D eigenvalue weighted by Gasteiger charge is -2.37. The van der Waals surface area contributed by atoms with Crippen LogP contribution in [0.15, 0.2) is 46.3 Å². The maximum Gasteiger partial charge on any atom is 0.264 e. The van der Waals surface area contributed by atoms with Gasteiger partial charge in [0.05, 0.1) is 10.4 Å². The lowest BCUT2D eigenvalue weighted by atomic mass is 10.0. The van der Waals surface area contributed by atoms with Gasteiger partial charge in [-0.05, 0) is 42.5 Å². The lowest BCUT2D eigenvalue weighted by molar-refractivity contribution is -0.142. The maximum absolute atomic E-state index is 13.2. The Morgan fingerprint density at radius 3 is 2.71 bits per heavy atom. The number of thiophene rings is 1. The van der Waals surface area contributed by atoms with Gasteiger partial charge in [-0.3, -0.25) is 9.69 Å². The molecule has 1 amide bonds. The van der Waals surface area contributed by atoms with Crippen molar-refractivity contribution in [3.63, 3.8) is 0 Å². The predicted molar refractivity (Wildman–Crippen MR) is 129 cm³/mol. The van der Waals surface area contributed by atoms with Gasteiger partial charge in [0.2, 0.25) is 11.7 Å². The monoisotopic (exact) mass is 479 g/mol. The third-order valence-corrected chi connectivity index (χ3v) is 6.73. The molecule has 1 saturated heterocycles. The van der Waals surface area contributed by atoms with E-state index in [0.29, 0.717) is 36.1 Å². The molecule has 178 valence electrons. The molecule has 8 nitrogen and oxygen atoms in total. The average molecular weight is 480 g/mol. The first kappa shape index (κ1) is 23.9. The summed E-state index contributed by atoms with van der Waals surface area (Å²) in [5.74, 6) is 1.74. The van der Waals surface area contributed by atoms with Gasteiger partial charge >= 0.3 is 0 Å². The first-order chi connectivity index (χ1) is 16.5. The van der Waals surface area contributed by atoms with E-state index in [-0.39, 0.29) is 11.8 Å². The molecule has 3 aromatic rings. The summed E-state index contributed by atoms with van der Waals surface area (Å²) >= 11 is 1.60. The van der Waals surface area contributed by atoms with Gasteiger partial charge in [-0.2, -0.15) is 10.2 Å². The molecule has 1 aliphatic rings. The molecule has 0 bridgehead atoms. The van der Waals surface area contributed by atoms with E-state index >= 15 is 0 Å². The van der Waals surface area contributed by atoms with Gasteiger partial charge in [0.25, 0.3) is 5.91 Å². The van der Waals surface area contributed by atoms with E-state index in [1.807, 2.05) is 42.3 Å². The van der Waals surface area contributed by atoms with Crippen molar-refractivity contribution in [1.29, 1.82) is 5.26 Å². The van der Waals surface area contributed by atoms with Crippen molar-refractivity contribution in [2.75, 3.05) is 32.7 Å². The number of ether oxygens (including phenoxy) is 1. The van der Waals surface area contributed by atoms with Crippen molar-refractivity contribution in [1.82, 2.24) is 19.9 Å².